The Balaban J connectivity index is 0. The van der Waals surface area contributed by atoms with E-state index in [1.54, 1.807) is 0 Å². The average molecular weight is 351 g/mol. The Bertz CT molecular complexity index is 498. The number of rotatable bonds is 4. The van der Waals surface area contributed by atoms with Gasteiger partial charge in [-0.15, -0.1) is 0 Å². The number of benzene rings is 1. The van der Waals surface area contributed by atoms with Crippen LogP contribution in [0.25, 0.3) is 0 Å². The second-order valence-electron chi connectivity index (χ2n) is 4.84. The van der Waals surface area contributed by atoms with Crippen LogP contribution in [0, 0.1) is 5.92 Å². The molecule has 1 amide bonds. The van der Waals surface area contributed by atoms with Gasteiger partial charge in [0.1, 0.15) is 11.6 Å². The van der Waals surface area contributed by atoms with Crippen molar-refractivity contribution in [2.75, 3.05) is 6.61 Å². The quantitative estimate of drug-likeness (QED) is 0.784. The summed E-state index contributed by atoms with van der Waals surface area (Å²) >= 11 is 0. The second kappa shape index (κ2) is 15.7. The van der Waals surface area contributed by atoms with Crippen LogP contribution in [0.2, 0.25) is 0 Å². The van der Waals surface area contributed by atoms with Crippen molar-refractivity contribution in [3.63, 3.8) is 0 Å². The average Bonchev–Trinajstić information content (AvgIpc) is 2.69. The molecule has 1 aromatic carbocycles. The molecule has 2 rings (SSSR count). The highest BCUT2D eigenvalue weighted by atomic mass is 16.5. The standard InChI is InChI=1S/C15H20N2O2.3C2H6/c1-4-9-19-13-8-6-5-7-12(13)14-16-11(3)10(2)15(18)17-14;3*1-2/h5-8,10-11H,4,9H2,1-3H3,(H,16,17,18);3*1-2H3. The minimum Gasteiger partial charge on any atom is -0.493 e. The van der Waals surface area contributed by atoms with E-state index in [0.29, 0.717) is 12.4 Å². The fourth-order valence-corrected chi connectivity index (χ4v) is 1.93. The third kappa shape index (κ3) is 8.19. The van der Waals surface area contributed by atoms with Crippen LogP contribution in [0.4, 0.5) is 0 Å². The van der Waals surface area contributed by atoms with Gasteiger partial charge in [-0.05, 0) is 25.5 Å². The van der Waals surface area contributed by atoms with Gasteiger partial charge in [0.25, 0.3) is 0 Å². The van der Waals surface area contributed by atoms with E-state index in [9.17, 15) is 4.79 Å². The summed E-state index contributed by atoms with van der Waals surface area (Å²) < 4.78 is 5.70. The molecule has 2 atom stereocenters. The van der Waals surface area contributed by atoms with Gasteiger partial charge in [0.05, 0.1) is 24.1 Å². The number of amides is 1. The molecule has 144 valence electrons. The maximum Gasteiger partial charge on any atom is 0.230 e. The molecular weight excluding hydrogens is 312 g/mol. The SMILES string of the molecule is CC.CC.CC.CCCOc1ccccc1C1=NC(C)C(C)C(=O)N1. The molecule has 4 heteroatoms. The molecule has 0 aliphatic carbocycles. The minimum atomic E-state index is -0.0903. The highest BCUT2D eigenvalue weighted by molar-refractivity contribution is 6.11. The molecule has 0 saturated carbocycles. The first-order chi connectivity index (χ1) is 12.1. The van der Waals surface area contributed by atoms with Crippen LogP contribution < -0.4 is 10.1 Å². The van der Waals surface area contributed by atoms with Crippen LogP contribution in [0.15, 0.2) is 29.3 Å². The number of ether oxygens (including phenoxy) is 1. The summed E-state index contributed by atoms with van der Waals surface area (Å²) in [6, 6.07) is 7.66. The summed E-state index contributed by atoms with van der Waals surface area (Å²) in [5.74, 6) is 1.31. The highest BCUT2D eigenvalue weighted by Gasteiger charge is 2.27. The lowest BCUT2D eigenvalue weighted by atomic mass is 10.0. The molecular formula is C21H38N2O2. The first-order valence-corrected chi connectivity index (χ1v) is 9.74. The van der Waals surface area contributed by atoms with Gasteiger partial charge in [0.2, 0.25) is 5.91 Å². The number of para-hydroxylation sites is 1. The molecule has 1 N–H and O–H groups in total. The summed E-state index contributed by atoms with van der Waals surface area (Å²) in [5.41, 5.74) is 0.850. The Labute approximate surface area is 155 Å². The lowest BCUT2D eigenvalue weighted by Crippen LogP contribution is -2.44. The molecule has 1 aliphatic heterocycles. The predicted octanol–water partition coefficient (Wildman–Crippen LogP) is 5.46. The largest absolute Gasteiger partial charge is 0.493 e. The van der Waals surface area contributed by atoms with Gasteiger partial charge in [-0.25, -0.2) is 0 Å². The number of nitrogens with zero attached hydrogens (tertiary/aromatic N) is 1. The first-order valence-electron chi connectivity index (χ1n) is 9.74. The van der Waals surface area contributed by atoms with E-state index in [0.717, 1.165) is 17.7 Å². The van der Waals surface area contributed by atoms with E-state index >= 15 is 0 Å². The molecule has 1 aliphatic rings. The Kier molecular flexibility index (Phi) is 15.9. The lowest BCUT2D eigenvalue weighted by molar-refractivity contribution is -0.123. The van der Waals surface area contributed by atoms with Gasteiger partial charge >= 0.3 is 0 Å². The zero-order valence-corrected chi connectivity index (χ0v) is 17.6. The maximum atomic E-state index is 11.9. The molecule has 0 radical (unpaired) electrons. The molecule has 0 spiro atoms. The third-order valence-corrected chi connectivity index (χ3v) is 3.32. The summed E-state index contributed by atoms with van der Waals surface area (Å²) in [6.07, 6.45) is 0.945. The zero-order chi connectivity index (χ0) is 19.8. The van der Waals surface area contributed by atoms with Crippen LogP contribution in [0.5, 0.6) is 5.75 Å². The van der Waals surface area contributed by atoms with Crippen molar-refractivity contribution in [3.05, 3.63) is 29.8 Å². The molecule has 0 bridgehead atoms. The van der Waals surface area contributed by atoms with Crippen molar-refractivity contribution in [2.45, 2.75) is 74.8 Å². The number of amidine groups is 1. The normalized spacial score (nSPS) is 18.0. The van der Waals surface area contributed by atoms with Crippen molar-refractivity contribution in [1.29, 1.82) is 0 Å². The number of nitrogens with one attached hydrogen (secondary N) is 1. The summed E-state index contributed by atoms with van der Waals surface area (Å²) in [5, 5.41) is 2.86. The van der Waals surface area contributed by atoms with Crippen molar-refractivity contribution < 1.29 is 9.53 Å². The number of carbonyl (C=O) groups excluding carboxylic acids is 1. The molecule has 1 heterocycles. The van der Waals surface area contributed by atoms with Crippen molar-refractivity contribution >= 4 is 11.7 Å². The van der Waals surface area contributed by atoms with Crippen LogP contribution in [-0.4, -0.2) is 24.4 Å². The fourth-order valence-electron chi connectivity index (χ4n) is 1.93. The van der Waals surface area contributed by atoms with E-state index < -0.39 is 0 Å². The topological polar surface area (TPSA) is 50.7 Å². The van der Waals surface area contributed by atoms with Gasteiger partial charge in [-0.3, -0.25) is 9.79 Å². The number of aliphatic imine (C=N–C) groups is 1. The van der Waals surface area contributed by atoms with Gasteiger partial charge in [0, 0.05) is 0 Å². The monoisotopic (exact) mass is 350 g/mol. The molecule has 4 nitrogen and oxygen atoms in total. The smallest absolute Gasteiger partial charge is 0.230 e. The van der Waals surface area contributed by atoms with Crippen molar-refractivity contribution in [1.82, 2.24) is 5.32 Å². The van der Waals surface area contributed by atoms with E-state index in [4.69, 9.17) is 4.74 Å². The molecule has 0 saturated heterocycles. The van der Waals surface area contributed by atoms with Gasteiger partial charge in [-0.2, -0.15) is 0 Å². The highest BCUT2D eigenvalue weighted by Crippen LogP contribution is 2.22. The fraction of sp³-hybridized carbons (Fsp3) is 0.619. The van der Waals surface area contributed by atoms with Crippen LogP contribution in [-0.2, 0) is 4.79 Å². The van der Waals surface area contributed by atoms with Gasteiger partial charge in [-0.1, -0.05) is 67.5 Å². The molecule has 25 heavy (non-hydrogen) atoms. The number of hydrogen-bond acceptors (Lipinski definition) is 3. The van der Waals surface area contributed by atoms with Crippen molar-refractivity contribution in [2.24, 2.45) is 10.9 Å². The maximum absolute atomic E-state index is 11.9. The van der Waals surface area contributed by atoms with Crippen LogP contribution >= 0.6 is 0 Å². The minimum absolute atomic E-state index is 0.0111. The van der Waals surface area contributed by atoms with Crippen molar-refractivity contribution in [3.8, 4) is 5.75 Å². The summed E-state index contributed by atoms with van der Waals surface area (Å²) in [4.78, 5) is 16.4. The van der Waals surface area contributed by atoms with Gasteiger partial charge in [0.15, 0.2) is 0 Å². The van der Waals surface area contributed by atoms with E-state index in [1.807, 2.05) is 79.7 Å². The molecule has 1 aromatic rings. The zero-order valence-electron chi connectivity index (χ0n) is 17.6. The molecule has 2 unspecified atom stereocenters. The Morgan fingerprint density at radius 3 is 2.12 bits per heavy atom. The summed E-state index contributed by atoms with van der Waals surface area (Å²) in [7, 11) is 0. The Morgan fingerprint density at radius 2 is 1.60 bits per heavy atom. The second-order valence-corrected chi connectivity index (χ2v) is 4.84. The Hall–Kier alpha value is -1.84. The van der Waals surface area contributed by atoms with E-state index in [1.165, 1.54) is 0 Å². The van der Waals surface area contributed by atoms with Crippen LogP contribution in [0.1, 0.15) is 74.3 Å². The predicted molar refractivity (Wildman–Crippen MR) is 110 cm³/mol. The molecule has 0 fully saturated rings. The summed E-state index contributed by atoms with van der Waals surface area (Å²) in [6.45, 7) is 18.6. The number of carbonyl (C=O) groups is 1. The van der Waals surface area contributed by atoms with Crippen LogP contribution in [0.3, 0.4) is 0 Å². The molecule has 0 aromatic heterocycles. The van der Waals surface area contributed by atoms with E-state index in [-0.39, 0.29) is 17.9 Å². The third-order valence-electron chi connectivity index (χ3n) is 3.32. The van der Waals surface area contributed by atoms with E-state index in [2.05, 4.69) is 17.2 Å². The first kappa shape index (κ1) is 25.4. The van der Waals surface area contributed by atoms with Gasteiger partial charge < -0.3 is 10.1 Å². The Morgan fingerprint density at radius 1 is 1.04 bits per heavy atom. The number of hydrogen-bond donors (Lipinski definition) is 1. The lowest BCUT2D eigenvalue weighted by Gasteiger charge is -2.24.